The van der Waals surface area contributed by atoms with E-state index in [1.165, 1.54) is 16.7 Å². The second-order valence-electron chi connectivity index (χ2n) is 7.51. The topological polar surface area (TPSA) is 52.9 Å². The summed E-state index contributed by atoms with van der Waals surface area (Å²) in [7, 11) is 0. The van der Waals surface area contributed by atoms with E-state index < -0.39 is 0 Å². The molecule has 3 rings (SSSR count). The summed E-state index contributed by atoms with van der Waals surface area (Å²) in [5.41, 5.74) is 7.51. The molecule has 0 radical (unpaired) electrons. The Hall–Kier alpha value is -3.64. The van der Waals surface area contributed by atoms with E-state index in [1.807, 2.05) is 55.5 Å². The van der Waals surface area contributed by atoms with E-state index in [2.05, 4.69) is 43.4 Å². The lowest BCUT2D eigenvalue weighted by atomic mass is 9.96. The molecular formula is C27H26N2O. The molecule has 0 aromatic heterocycles. The molecule has 3 heteroatoms. The Balaban J connectivity index is 1.89. The monoisotopic (exact) mass is 394 g/mol. The van der Waals surface area contributed by atoms with Gasteiger partial charge in [0.15, 0.2) is 0 Å². The third-order valence-corrected chi connectivity index (χ3v) is 5.04. The molecular weight excluding hydrogens is 368 g/mol. The van der Waals surface area contributed by atoms with Gasteiger partial charge in [-0.2, -0.15) is 5.26 Å². The number of para-hydroxylation sites is 1. The van der Waals surface area contributed by atoms with Crippen molar-refractivity contribution in [2.45, 2.75) is 33.6 Å². The third-order valence-electron chi connectivity index (χ3n) is 5.04. The van der Waals surface area contributed by atoms with Crippen molar-refractivity contribution in [1.82, 2.24) is 0 Å². The summed E-state index contributed by atoms with van der Waals surface area (Å²) in [4.78, 5) is 12.8. The fourth-order valence-electron chi connectivity index (χ4n) is 3.67. The number of aryl methyl sites for hydroxylation is 3. The van der Waals surface area contributed by atoms with Gasteiger partial charge >= 0.3 is 0 Å². The van der Waals surface area contributed by atoms with Gasteiger partial charge in [0.2, 0.25) is 0 Å². The number of anilines is 1. The first-order chi connectivity index (χ1) is 14.5. The summed E-state index contributed by atoms with van der Waals surface area (Å²) in [5, 5.41) is 12.5. The summed E-state index contributed by atoms with van der Waals surface area (Å²) in [6.07, 6.45) is 3.23. The molecule has 3 aromatic rings. The average molecular weight is 395 g/mol. The number of nitriles is 1. The minimum absolute atomic E-state index is 0.0915. The Morgan fingerprint density at radius 1 is 0.967 bits per heavy atom. The van der Waals surface area contributed by atoms with Crippen molar-refractivity contribution in [3.8, 4) is 6.07 Å². The smallest absolute Gasteiger partial charge is 0.266 e. The van der Waals surface area contributed by atoms with Gasteiger partial charge < -0.3 is 5.32 Å². The van der Waals surface area contributed by atoms with Crippen molar-refractivity contribution in [1.29, 1.82) is 5.26 Å². The van der Waals surface area contributed by atoms with Crippen molar-refractivity contribution in [2.75, 3.05) is 5.32 Å². The molecule has 0 saturated heterocycles. The highest BCUT2D eigenvalue weighted by molar-refractivity contribution is 6.10. The Morgan fingerprint density at radius 2 is 1.60 bits per heavy atom. The van der Waals surface area contributed by atoms with E-state index in [1.54, 1.807) is 6.08 Å². The minimum Gasteiger partial charge on any atom is -0.321 e. The van der Waals surface area contributed by atoms with Gasteiger partial charge in [0.25, 0.3) is 5.91 Å². The number of nitrogens with one attached hydrogen (secondary N) is 1. The number of hydrogen-bond donors (Lipinski definition) is 1. The van der Waals surface area contributed by atoms with Gasteiger partial charge in [0, 0.05) is 5.69 Å². The van der Waals surface area contributed by atoms with Crippen LogP contribution < -0.4 is 5.32 Å². The van der Waals surface area contributed by atoms with Crippen LogP contribution in [0.2, 0.25) is 0 Å². The number of hydrogen-bond acceptors (Lipinski definition) is 2. The van der Waals surface area contributed by atoms with Crippen LogP contribution in [0.5, 0.6) is 0 Å². The summed E-state index contributed by atoms with van der Waals surface area (Å²) in [6.45, 7) is 6.22. The summed E-state index contributed by atoms with van der Waals surface area (Å²) in [5.74, 6) is -0.389. The number of carbonyl (C=O) groups excluding carboxylic acids is 1. The van der Waals surface area contributed by atoms with Crippen molar-refractivity contribution in [3.63, 3.8) is 0 Å². The fraction of sp³-hybridized carbons (Fsp3) is 0.185. The predicted octanol–water partition coefficient (Wildman–Crippen LogP) is 6.00. The van der Waals surface area contributed by atoms with Crippen LogP contribution in [0.1, 0.15) is 40.3 Å². The highest BCUT2D eigenvalue weighted by atomic mass is 16.1. The lowest BCUT2D eigenvalue weighted by Crippen LogP contribution is -2.14. The molecule has 0 fully saturated rings. The molecule has 0 atom stereocenters. The molecule has 0 aliphatic carbocycles. The maximum atomic E-state index is 12.8. The SMILES string of the molecule is CCc1ccccc1NC(=O)/C(C#N)=C/c1ccccc1Cc1cc(C)cc(C)c1. The molecule has 1 N–H and O–H groups in total. The Labute approximate surface area is 178 Å². The first kappa shape index (κ1) is 21.1. The molecule has 150 valence electrons. The lowest BCUT2D eigenvalue weighted by Gasteiger charge is -2.11. The van der Waals surface area contributed by atoms with Crippen LogP contribution >= 0.6 is 0 Å². The van der Waals surface area contributed by atoms with Crippen LogP contribution in [0, 0.1) is 25.2 Å². The highest BCUT2D eigenvalue weighted by Crippen LogP contribution is 2.21. The molecule has 0 heterocycles. The van der Waals surface area contributed by atoms with Gasteiger partial charge in [-0.15, -0.1) is 0 Å². The second kappa shape index (κ2) is 9.71. The molecule has 0 saturated carbocycles. The lowest BCUT2D eigenvalue weighted by molar-refractivity contribution is -0.112. The quantitative estimate of drug-likeness (QED) is 0.412. The Kier molecular flexibility index (Phi) is 6.83. The largest absolute Gasteiger partial charge is 0.321 e. The predicted molar refractivity (Wildman–Crippen MR) is 123 cm³/mol. The van der Waals surface area contributed by atoms with Gasteiger partial charge in [-0.1, -0.05) is 78.7 Å². The van der Waals surface area contributed by atoms with Gasteiger partial charge in [0.05, 0.1) is 0 Å². The highest BCUT2D eigenvalue weighted by Gasteiger charge is 2.12. The van der Waals surface area contributed by atoms with E-state index in [9.17, 15) is 10.1 Å². The summed E-state index contributed by atoms with van der Waals surface area (Å²) in [6, 6.07) is 24.1. The summed E-state index contributed by atoms with van der Waals surface area (Å²) >= 11 is 0. The molecule has 1 amide bonds. The Morgan fingerprint density at radius 3 is 2.27 bits per heavy atom. The van der Waals surface area contributed by atoms with E-state index in [-0.39, 0.29) is 11.5 Å². The molecule has 0 aliphatic heterocycles. The Bertz CT molecular complexity index is 1120. The van der Waals surface area contributed by atoms with Crippen molar-refractivity contribution >= 4 is 17.7 Å². The van der Waals surface area contributed by atoms with E-state index in [0.29, 0.717) is 0 Å². The molecule has 0 spiro atoms. The van der Waals surface area contributed by atoms with Crippen molar-refractivity contribution in [3.05, 3.63) is 106 Å². The normalized spacial score (nSPS) is 11.1. The van der Waals surface area contributed by atoms with Gasteiger partial charge in [0.1, 0.15) is 11.6 Å². The van der Waals surface area contributed by atoms with Gasteiger partial charge in [-0.05, 0) is 61.1 Å². The van der Waals surface area contributed by atoms with Crippen LogP contribution in [-0.4, -0.2) is 5.91 Å². The number of rotatable bonds is 6. The van der Waals surface area contributed by atoms with Crippen LogP contribution in [0.15, 0.2) is 72.3 Å². The maximum absolute atomic E-state index is 12.8. The number of amides is 1. The van der Waals surface area contributed by atoms with E-state index in [4.69, 9.17) is 0 Å². The fourth-order valence-corrected chi connectivity index (χ4v) is 3.67. The van der Waals surface area contributed by atoms with Gasteiger partial charge in [-0.3, -0.25) is 4.79 Å². The van der Waals surface area contributed by atoms with E-state index in [0.717, 1.165) is 35.2 Å². The number of benzene rings is 3. The second-order valence-corrected chi connectivity index (χ2v) is 7.51. The number of nitrogens with zero attached hydrogens (tertiary/aromatic N) is 1. The zero-order valence-corrected chi connectivity index (χ0v) is 17.7. The van der Waals surface area contributed by atoms with Crippen LogP contribution in [0.4, 0.5) is 5.69 Å². The third kappa shape index (κ3) is 5.24. The standard InChI is InChI=1S/C27H26N2O/c1-4-22-9-7-8-12-26(22)29-27(30)25(18-28)17-24-11-6-5-10-23(24)16-21-14-19(2)13-20(3)15-21/h5-15,17H,4,16H2,1-3H3,(H,29,30)/b25-17+. The van der Waals surface area contributed by atoms with Crippen LogP contribution in [0.25, 0.3) is 6.08 Å². The first-order valence-corrected chi connectivity index (χ1v) is 10.2. The summed E-state index contributed by atoms with van der Waals surface area (Å²) < 4.78 is 0. The maximum Gasteiger partial charge on any atom is 0.266 e. The first-order valence-electron chi connectivity index (χ1n) is 10.2. The molecule has 0 aliphatic rings. The van der Waals surface area contributed by atoms with Crippen LogP contribution in [0.3, 0.4) is 0 Å². The molecule has 3 nitrogen and oxygen atoms in total. The van der Waals surface area contributed by atoms with Crippen molar-refractivity contribution < 1.29 is 4.79 Å². The van der Waals surface area contributed by atoms with E-state index >= 15 is 0 Å². The number of carbonyl (C=O) groups is 1. The minimum atomic E-state index is -0.389. The molecule has 0 bridgehead atoms. The zero-order valence-electron chi connectivity index (χ0n) is 17.7. The zero-order chi connectivity index (χ0) is 21.5. The van der Waals surface area contributed by atoms with Crippen molar-refractivity contribution in [2.24, 2.45) is 0 Å². The molecule has 0 unspecified atom stereocenters. The molecule has 30 heavy (non-hydrogen) atoms. The molecule has 3 aromatic carbocycles. The van der Waals surface area contributed by atoms with Gasteiger partial charge in [-0.25, -0.2) is 0 Å². The van der Waals surface area contributed by atoms with Crippen LogP contribution in [-0.2, 0) is 17.6 Å². The average Bonchev–Trinajstić information content (AvgIpc) is 2.72.